The number of H-pyrrole nitrogens is 1. The molecule has 0 bridgehead atoms. The van der Waals surface area contributed by atoms with Gasteiger partial charge in [-0.2, -0.15) is 0 Å². The molecule has 1 saturated carbocycles. The van der Waals surface area contributed by atoms with E-state index in [1.54, 1.807) is 12.4 Å². The Morgan fingerprint density at radius 2 is 2.00 bits per heavy atom. The van der Waals surface area contributed by atoms with Gasteiger partial charge < -0.3 is 20.1 Å². The smallest absolute Gasteiger partial charge is 0.267 e. The minimum absolute atomic E-state index is 0.0519. The monoisotopic (exact) mass is 423 g/mol. The van der Waals surface area contributed by atoms with E-state index in [-0.39, 0.29) is 5.91 Å². The highest BCUT2D eigenvalue weighted by Crippen LogP contribution is 2.59. The number of carbonyl (C=O) groups excluding carboxylic acids is 2. The number of aromatic nitrogens is 2. The van der Waals surface area contributed by atoms with Crippen LogP contribution in [0.15, 0.2) is 24.5 Å². The summed E-state index contributed by atoms with van der Waals surface area (Å²) in [5, 5.41) is 4.06. The van der Waals surface area contributed by atoms with Gasteiger partial charge in [-0.3, -0.25) is 14.6 Å². The molecule has 2 aromatic heterocycles. The Kier molecular flexibility index (Phi) is 5.46. The quantitative estimate of drug-likeness (QED) is 0.775. The molecule has 3 fully saturated rings. The SMILES string of the molecule is CN1CCC(CC(=O)N2CCC3(CC2)CC3CNC(=O)c2cc3cnccc3[nH]2)CC1. The Morgan fingerprint density at radius 3 is 2.74 bits per heavy atom. The molecule has 5 rings (SSSR count). The lowest BCUT2D eigenvalue weighted by Crippen LogP contribution is -2.41. The van der Waals surface area contributed by atoms with E-state index in [2.05, 4.69) is 32.1 Å². The van der Waals surface area contributed by atoms with Gasteiger partial charge in [0.25, 0.3) is 5.91 Å². The van der Waals surface area contributed by atoms with Gasteiger partial charge in [0.1, 0.15) is 5.69 Å². The summed E-state index contributed by atoms with van der Waals surface area (Å²) >= 11 is 0. The summed E-state index contributed by atoms with van der Waals surface area (Å²) in [7, 11) is 2.16. The predicted octanol–water partition coefficient (Wildman–Crippen LogP) is 2.65. The van der Waals surface area contributed by atoms with Crippen molar-refractivity contribution in [2.75, 3.05) is 39.8 Å². The molecule has 3 aliphatic rings. The highest BCUT2D eigenvalue weighted by Gasteiger charge is 2.54. The fraction of sp³-hybridized carbons (Fsp3) is 0.625. The van der Waals surface area contributed by atoms with Gasteiger partial charge in [0.05, 0.1) is 0 Å². The maximum atomic E-state index is 12.8. The first-order valence-corrected chi connectivity index (χ1v) is 11.7. The van der Waals surface area contributed by atoms with Gasteiger partial charge >= 0.3 is 0 Å². The fourth-order valence-electron chi connectivity index (χ4n) is 5.58. The molecule has 1 aliphatic carbocycles. The van der Waals surface area contributed by atoms with Crippen molar-refractivity contribution >= 4 is 22.7 Å². The lowest BCUT2D eigenvalue weighted by Gasteiger charge is -2.35. The number of rotatable bonds is 5. The third-order valence-corrected chi connectivity index (χ3v) is 7.95. The lowest BCUT2D eigenvalue weighted by molar-refractivity contribution is -0.134. The summed E-state index contributed by atoms with van der Waals surface area (Å²) in [6.45, 7) is 4.71. The molecule has 7 nitrogen and oxygen atoms in total. The van der Waals surface area contributed by atoms with Crippen LogP contribution in [0.4, 0.5) is 0 Å². The van der Waals surface area contributed by atoms with Crippen molar-refractivity contribution in [3.05, 3.63) is 30.2 Å². The number of fused-ring (bicyclic) bond motifs is 1. The highest BCUT2D eigenvalue weighted by molar-refractivity contribution is 5.97. The van der Waals surface area contributed by atoms with E-state index >= 15 is 0 Å². The molecule has 2 saturated heterocycles. The number of likely N-dealkylation sites (tertiary alicyclic amines) is 2. The van der Waals surface area contributed by atoms with Crippen LogP contribution in [0.5, 0.6) is 0 Å². The second-order valence-corrected chi connectivity index (χ2v) is 9.95. The summed E-state index contributed by atoms with van der Waals surface area (Å²) < 4.78 is 0. The zero-order valence-electron chi connectivity index (χ0n) is 18.4. The summed E-state index contributed by atoms with van der Waals surface area (Å²) in [5.41, 5.74) is 1.86. The number of hydrogen-bond acceptors (Lipinski definition) is 4. The van der Waals surface area contributed by atoms with Crippen LogP contribution in [0.2, 0.25) is 0 Å². The molecule has 7 heteroatoms. The Morgan fingerprint density at radius 1 is 1.23 bits per heavy atom. The van der Waals surface area contributed by atoms with E-state index < -0.39 is 0 Å². The van der Waals surface area contributed by atoms with Crippen LogP contribution in [0.3, 0.4) is 0 Å². The van der Waals surface area contributed by atoms with Crippen LogP contribution in [-0.2, 0) is 4.79 Å². The van der Waals surface area contributed by atoms with Crippen molar-refractivity contribution in [3.63, 3.8) is 0 Å². The Balaban J connectivity index is 1.06. The average Bonchev–Trinajstić information content (AvgIpc) is 3.25. The summed E-state index contributed by atoms with van der Waals surface area (Å²) in [6.07, 6.45) is 9.82. The largest absolute Gasteiger partial charge is 0.350 e. The molecule has 4 heterocycles. The van der Waals surface area contributed by atoms with Crippen LogP contribution < -0.4 is 5.32 Å². The van der Waals surface area contributed by atoms with Gasteiger partial charge in [-0.05, 0) is 81.6 Å². The molecule has 0 radical (unpaired) electrons. The molecule has 1 atom stereocenters. The standard InChI is InChI=1S/C24H33N5O2/c1-28-8-3-17(4-9-28)12-22(30)29-10-5-24(6-11-29)14-19(24)16-26-23(31)21-13-18-15-25-7-2-20(18)27-21/h2,7,13,15,17,19,27H,3-6,8-12,14,16H2,1H3,(H,26,31). The number of amides is 2. The van der Waals surface area contributed by atoms with Crippen LogP contribution in [0.25, 0.3) is 10.9 Å². The molecule has 31 heavy (non-hydrogen) atoms. The third kappa shape index (κ3) is 4.33. The average molecular weight is 424 g/mol. The normalized spacial score (nSPS) is 23.9. The Hall–Kier alpha value is -2.41. The van der Waals surface area contributed by atoms with Crippen molar-refractivity contribution < 1.29 is 9.59 Å². The topological polar surface area (TPSA) is 81.3 Å². The molecule has 2 N–H and O–H groups in total. The Labute approximate surface area is 183 Å². The van der Waals surface area contributed by atoms with Crippen LogP contribution in [0.1, 0.15) is 49.0 Å². The minimum atomic E-state index is -0.0519. The first kappa shape index (κ1) is 20.5. The number of nitrogens with zero attached hydrogens (tertiary/aromatic N) is 3. The van der Waals surface area contributed by atoms with Crippen molar-refractivity contribution in [1.82, 2.24) is 25.1 Å². The number of hydrogen-bond donors (Lipinski definition) is 2. The minimum Gasteiger partial charge on any atom is -0.350 e. The fourth-order valence-corrected chi connectivity index (χ4v) is 5.58. The summed E-state index contributed by atoms with van der Waals surface area (Å²) in [6, 6.07) is 3.73. The highest BCUT2D eigenvalue weighted by atomic mass is 16.2. The van der Waals surface area contributed by atoms with E-state index in [4.69, 9.17) is 0 Å². The van der Waals surface area contributed by atoms with E-state index in [0.717, 1.165) is 75.7 Å². The number of carbonyl (C=O) groups is 2. The number of pyridine rings is 1. The van der Waals surface area contributed by atoms with Gasteiger partial charge in [0, 0.05) is 49.4 Å². The number of nitrogens with one attached hydrogen (secondary N) is 2. The first-order chi connectivity index (χ1) is 15.0. The molecule has 0 aromatic carbocycles. The second-order valence-electron chi connectivity index (χ2n) is 9.95. The van der Waals surface area contributed by atoms with Crippen LogP contribution in [0, 0.1) is 17.3 Å². The Bertz CT molecular complexity index is 921. The van der Waals surface area contributed by atoms with E-state index in [1.807, 2.05) is 12.1 Å². The summed E-state index contributed by atoms with van der Waals surface area (Å²) in [5.74, 6) is 1.39. The maximum absolute atomic E-state index is 12.8. The molecule has 166 valence electrons. The molecular formula is C24H33N5O2. The van der Waals surface area contributed by atoms with E-state index in [9.17, 15) is 9.59 Å². The van der Waals surface area contributed by atoms with Gasteiger partial charge in [-0.1, -0.05) is 0 Å². The molecule has 2 aliphatic heterocycles. The van der Waals surface area contributed by atoms with Crippen molar-refractivity contribution in [1.29, 1.82) is 0 Å². The molecule has 2 amide bonds. The van der Waals surface area contributed by atoms with Gasteiger partial charge in [-0.15, -0.1) is 0 Å². The van der Waals surface area contributed by atoms with Crippen molar-refractivity contribution in [2.45, 2.75) is 38.5 Å². The van der Waals surface area contributed by atoms with E-state index in [0.29, 0.717) is 28.9 Å². The third-order valence-electron chi connectivity index (χ3n) is 7.95. The second kappa shape index (κ2) is 8.26. The van der Waals surface area contributed by atoms with Gasteiger partial charge in [-0.25, -0.2) is 0 Å². The summed E-state index contributed by atoms with van der Waals surface area (Å²) in [4.78, 5) is 37.0. The molecule has 2 aromatic rings. The first-order valence-electron chi connectivity index (χ1n) is 11.7. The maximum Gasteiger partial charge on any atom is 0.267 e. The number of piperidine rings is 2. The van der Waals surface area contributed by atoms with Crippen molar-refractivity contribution in [3.8, 4) is 0 Å². The van der Waals surface area contributed by atoms with Crippen LogP contribution in [-0.4, -0.2) is 71.4 Å². The lowest BCUT2D eigenvalue weighted by atomic mass is 9.89. The molecule has 1 spiro atoms. The molecular weight excluding hydrogens is 390 g/mol. The zero-order chi connectivity index (χ0) is 21.4. The van der Waals surface area contributed by atoms with Crippen molar-refractivity contribution in [2.24, 2.45) is 17.3 Å². The van der Waals surface area contributed by atoms with Gasteiger partial charge in [0.15, 0.2) is 0 Å². The predicted molar refractivity (Wildman–Crippen MR) is 120 cm³/mol. The van der Waals surface area contributed by atoms with E-state index in [1.165, 1.54) is 6.42 Å². The van der Waals surface area contributed by atoms with Crippen LogP contribution >= 0.6 is 0 Å². The van der Waals surface area contributed by atoms with Gasteiger partial charge in [0.2, 0.25) is 5.91 Å². The number of aromatic amines is 1. The molecule has 1 unspecified atom stereocenters. The zero-order valence-corrected chi connectivity index (χ0v) is 18.4.